The molecular formula is C17H22N2O. The van der Waals surface area contributed by atoms with Crippen LogP contribution in [-0.2, 0) is 6.54 Å². The summed E-state index contributed by atoms with van der Waals surface area (Å²) in [5.41, 5.74) is 2.26. The number of rotatable bonds is 6. The lowest BCUT2D eigenvalue weighted by Gasteiger charge is -2.18. The van der Waals surface area contributed by atoms with Crippen molar-refractivity contribution in [2.75, 3.05) is 0 Å². The highest BCUT2D eigenvalue weighted by Crippen LogP contribution is 2.24. The Morgan fingerprint density at radius 3 is 2.55 bits per heavy atom. The van der Waals surface area contributed by atoms with Gasteiger partial charge in [-0.25, -0.2) is 0 Å². The summed E-state index contributed by atoms with van der Waals surface area (Å²) in [7, 11) is 0. The third kappa shape index (κ3) is 4.07. The summed E-state index contributed by atoms with van der Waals surface area (Å²) in [5, 5.41) is 3.40. The van der Waals surface area contributed by atoms with E-state index in [1.54, 1.807) is 6.20 Å². The third-order valence-electron chi connectivity index (χ3n) is 3.13. The van der Waals surface area contributed by atoms with Crippen molar-refractivity contribution in [2.45, 2.75) is 39.5 Å². The average Bonchev–Trinajstić information content (AvgIpc) is 2.47. The summed E-state index contributed by atoms with van der Waals surface area (Å²) in [6.45, 7) is 7.09. The quantitative estimate of drug-likeness (QED) is 0.868. The molecule has 1 atom stereocenters. The van der Waals surface area contributed by atoms with E-state index in [0.717, 1.165) is 17.9 Å². The molecule has 106 valence electrons. The Labute approximate surface area is 121 Å². The largest absolute Gasteiger partial charge is 0.486 e. The molecule has 0 aliphatic rings. The number of nitrogens with one attached hydrogen (secondary N) is 1. The summed E-state index contributed by atoms with van der Waals surface area (Å²) < 4.78 is 6.08. The summed E-state index contributed by atoms with van der Waals surface area (Å²) in [4.78, 5) is 4.18. The second kappa shape index (κ2) is 7.06. The zero-order valence-corrected chi connectivity index (χ0v) is 12.3. The van der Waals surface area contributed by atoms with Crippen LogP contribution in [0.4, 0.5) is 0 Å². The Kier molecular flexibility index (Phi) is 5.13. The number of hydrogen-bond acceptors (Lipinski definition) is 3. The van der Waals surface area contributed by atoms with Gasteiger partial charge < -0.3 is 10.1 Å². The maximum absolute atomic E-state index is 6.08. The van der Waals surface area contributed by atoms with Crippen LogP contribution in [0.25, 0.3) is 0 Å². The zero-order chi connectivity index (χ0) is 14.4. The van der Waals surface area contributed by atoms with Gasteiger partial charge in [0, 0.05) is 30.5 Å². The first kappa shape index (κ1) is 14.5. The van der Waals surface area contributed by atoms with Gasteiger partial charge >= 0.3 is 0 Å². The first-order valence-electron chi connectivity index (χ1n) is 7.04. The number of benzene rings is 1. The number of pyridine rings is 1. The molecule has 0 saturated carbocycles. The predicted molar refractivity (Wildman–Crippen MR) is 81.7 cm³/mol. The minimum absolute atomic E-state index is 0.0244. The summed E-state index contributed by atoms with van der Waals surface area (Å²) >= 11 is 0. The summed E-state index contributed by atoms with van der Waals surface area (Å²) in [5.74, 6) is 0.893. The first-order valence-corrected chi connectivity index (χ1v) is 7.04. The van der Waals surface area contributed by atoms with Crippen LogP contribution in [0.1, 0.15) is 38.0 Å². The summed E-state index contributed by atoms with van der Waals surface area (Å²) in [6, 6.07) is 12.6. The van der Waals surface area contributed by atoms with Crippen molar-refractivity contribution in [3.05, 3.63) is 59.9 Å². The zero-order valence-electron chi connectivity index (χ0n) is 12.3. The molecule has 3 heteroatoms. The molecule has 1 aromatic carbocycles. The van der Waals surface area contributed by atoms with Gasteiger partial charge in [-0.3, -0.25) is 4.98 Å². The number of ether oxygens (including phenoxy) is 1. The van der Waals surface area contributed by atoms with Crippen LogP contribution in [0.2, 0.25) is 0 Å². The van der Waals surface area contributed by atoms with Crippen LogP contribution in [0.3, 0.4) is 0 Å². The molecule has 0 radical (unpaired) electrons. The molecule has 0 amide bonds. The van der Waals surface area contributed by atoms with E-state index in [-0.39, 0.29) is 6.10 Å². The van der Waals surface area contributed by atoms with Crippen LogP contribution in [-0.4, -0.2) is 11.0 Å². The molecule has 0 bridgehead atoms. The van der Waals surface area contributed by atoms with E-state index < -0.39 is 0 Å². The lowest BCUT2D eigenvalue weighted by molar-refractivity contribution is 0.223. The Morgan fingerprint density at radius 2 is 1.85 bits per heavy atom. The van der Waals surface area contributed by atoms with E-state index in [9.17, 15) is 0 Å². The Morgan fingerprint density at radius 1 is 1.10 bits per heavy atom. The van der Waals surface area contributed by atoms with Crippen LogP contribution < -0.4 is 10.1 Å². The van der Waals surface area contributed by atoms with Crippen molar-refractivity contribution in [1.82, 2.24) is 10.3 Å². The van der Waals surface area contributed by atoms with Crippen molar-refractivity contribution >= 4 is 0 Å². The van der Waals surface area contributed by atoms with E-state index >= 15 is 0 Å². The monoisotopic (exact) mass is 270 g/mol. The van der Waals surface area contributed by atoms with Crippen LogP contribution in [0.15, 0.2) is 48.8 Å². The Bertz CT molecular complexity index is 526. The second-order valence-corrected chi connectivity index (χ2v) is 5.19. The first-order chi connectivity index (χ1) is 9.66. The lowest BCUT2D eigenvalue weighted by Crippen LogP contribution is -2.22. The molecule has 1 unspecified atom stereocenters. The molecule has 0 aliphatic heterocycles. The van der Waals surface area contributed by atoms with Gasteiger partial charge in [0.25, 0.3) is 0 Å². The molecule has 0 fully saturated rings. The van der Waals surface area contributed by atoms with Crippen molar-refractivity contribution in [1.29, 1.82) is 0 Å². The van der Waals surface area contributed by atoms with Crippen molar-refractivity contribution in [3.63, 3.8) is 0 Å². The average molecular weight is 270 g/mol. The lowest BCUT2D eigenvalue weighted by atomic mass is 10.1. The van der Waals surface area contributed by atoms with Gasteiger partial charge in [0.1, 0.15) is 11.9 Å². The molecule has 1 N–H and O–H groups in total. The number of nitrogens with zero attached hydrogens (tertiary/aromatic N) is 1. The maximum Gasteiger partial charge on any atom is 0.127 e. The van der Waals surface area contributed by atoms with E-state index in [1.807, 2.05) is 30.5 Å². The van der Waals surface area contributed by atoms with Gasteiger partial charge in [0.2, 0.25) is 0 Å². The Hall–Kier alpha value is -1.87. The van der Waals surface area contributed by atoms with Crippen LogP contribution in [0, 0.1) is 0 Å². The Balaban J connectivity index is 2.09. The van der Waals surface area contributed by atoms with Crippen molar-refractivity contribution in [3.8, 4) is 5.75 Å². The van der Waals surface area contributed by atoms with Gasteiger partial charge in [0.05, 0.1) is 0 Å². The highest BCUT2D eigenvalue weighted by atomic mass is 16.5. The van der Waals surface area contributed by atoms with Crippen molar-refractivity contribution in [2.24, 2.45) is 0 Å². The molecule has 20 heavy (non-hydrogen) atoms. The molecule has 1 heterocycles. The normalized spacial score (nSPS) is 12.4. The number of aromatic nitrogens is 1. The van der Waals surface area contributed by atoms with Gasteiger partial charge in [-0.15, -0.1) is 0 Å². The maximum atomic E-state index is 6.08. The van der Waals surface area contributed by atoms with Gasteiger partial charge in [-0.1, -0.05) is 44.2 Å². The molecular weight excluding hydrogens is 248 g/mol. The predicted octanol–water partition coefficient (Wildman–Crippen LogP) is 3.72. The van der Waals surface area contributed by atoms with Crippen molar-refractivity contribution < 1.29 is 4.74 Å². The highest BCUT2D eigenvalue weighted by molar-refractivity contribution is 5.31. The molecule has 0 saturated heterocycles. The minimum Gasteiger partial charge on any atom is -0.486 e. The fraction of sp³-hybridized carbons (Fsp3) is 0.353. The van der Waals surface area contributed by atoms with Crippen LogP contribution in [0.5, 0.6) is 5.75 Å². The highest BCUT2D eigenvalue weighted by Gasteiger charge is 2.10. The molecule has 2 rings (SSSR count). The molecule has 1 aromatic heterocycles. The molecule has 0 aliphatic carbocycles. The molecule has 0 spiro atoms. The third-order valence-corrected chi connectivity index (χ3v) is 3.13. The number of hydrogen-bond donors (Lipinski definition) is 1. The van der Waals surface area contributed by atoms with Gasteiger partial charge in [-0.05, 0) is 18.6 Å². The molecule has 3 nitrogen and oxygen atoms in total. The second-order valence-electron chi connectivity index (χ2n) is 5.19. The van der Waals surface area contributed by atoms with E-state index in [0.29, 0.717) is 6.04 Å². The van der Waals surface area contributed by atoms with Gasteiger partial charge in [0.15, 0.2) is 0 Å². The standard InChI is InChI=1S/C17H22N2O/c1-13(2)19-12-16-11-18-10-9-17(16)20-14(3)15-7-5-4-6-8-15/h4-11,13-14,19H,12H2,1-3H3. The topological polar surface area (TPSA) is 34.2 Å². The fourth-order valence-corrected chi connectivity index (χ4v) is 1.96. The smallest absolute Gasteiger partial charge is 0.127 e. The molecule has 2 aromatic rings. The van der Waals surface area contributed by atoms with E-state index in [2.05, 4.69) is 43.2 Å². The SMILES string of the molecule is CC(C)NCc1cnccc1OC(C)c1ccccc1. The van der Waals surface area contributed by atoms with E-state index in [1.165, 1.54) is 5.56 Å². The van der Waals surface area contributed by atoms with E-state index in [4.69, 9.17) is 4.74 Å². The van der Waals surface area contributed by atoms with Crippen LogP contribution >= 0.6 is 0 Å². The fourth-order valence-electron chi connectivity index (χ4n) is 1.96. The minimum atomic E-state index is 0.0244. The van der Waals surface area contributed by atoms with Gasteiger partial charge in [-0.2, -0.15) is 0 Å². The summed E-state index contributed by atoms with van der Waals surface area (Å²) in [6.07, 6.45) is 3.66.